The van der Waals surface area contributed by atoms with Crippen molar-refractivity contribution in [1.29, 1.82) is 0 Å². The van der Waals surface area contributed by atoms with Crippen molar-refractivity contribution >= 4 is 20.8 Å². The summed E-state index contributed by atoms with van der Waals surface area (Å²) in [7, 11) is -2.62. The Morgan fingerprint density at radius 2 is 1.53 bits per heavy atom. The molecule has 0 bridgehead atoms. The number of rotatable bonds is 3. The molecule has 0 unspecified atom stereocenters. The molecular weight excluding hydrogens is 235 g/mol. The van der Waals surface area contributed by atoms with Crippen molar-refractivity contribution in [1.82, 2.24) is 0 Å². The number of hydrogen-bond acceptors (Lipinski definition) is 2. The van der Waals surface area contributed by atoms with Crippen LogP contribution in [0, 0.1) is 0 Å². The molecule has 0 aromatic heterocycles. The zero-order valence-corrected chi connectivity index (χ0v) is 8.85. The van der Waals surface area contributed by atoms with Gasteiger partial charge >= 0.3 is 12.1 Å². The van der Waals surface area contributed by atoms with Gasteiger partial charge < -0.3 is 9.32 Å². The Morgan fingerprint density at radius 3 is 1.93 bits per heavy atom. The lowest BCUT2D eigenvalue weighted by molar-refractivity contribution is -0.282. The highest BCUT2D eigenvalue weighted by molar-refractivity contribution is 6.80. The standard InChI is InChI=1S/C7H9F5N2Si/c1-15(13-3-4-14-15)5-2-6(8,9)7(10,11)12/h3-4H,2,5H2,1H3. The average molecular weight is 244 g/mol. The molecule has 1 aliphatic rings. The topological polar surface area (TPSA) is 24.7 Å². The lowest BCUT2D eigenvalue weighted by Crippen LogP contribution is -2.38. The molecule has 1 aliphatic heterocycles. The zero-order chi connectivity index (χ0) is 11.7. The van der Waals surface area contributed by atoms with Crippen LogP contribution in [-0.4, -0.2) is 32.9 Å². The van der Waals surface area contributed by atoms with Crippen LogP contribution in [0.25, 0.3) is 0 Å². The van der Waals surface area contributed by atoms with Gasteiger partial charge in [0.1, 0.15) is 0 Å². The summed E-state index contributed by atoms with van der Waals surface area (Å²) >= 11 is 0. The van der Waals surface area contributed by atoms with Gasteiger partial charge in [-0.15, -0.1) is 0 Å². The molecule has 1 rings (SSSR count). The first-order valence-electron chi connectivity index (χ1n) is 4.20. The molecule has 0 spiro atoms. The van der Waals surface area contributed by atoms with E-state index in [9.17, 15) is 22.0 Å². The van der Waals surface area contributed by atoms with Crippen molar-refractivity contribution in [3.8, 4) is 0 Å². The highest BCUT2D eigenvalue weighted by Gasteiger charge is 2.57. The lowest BCUT2D eigenvalue weighted by Gasteiger charge is -2.22. The molecule has 0 radical (unpaired) electrons. The second-order valence-electron chi connectivity index (χ2n) is 3.48. The maximum absolute atomic E-state index is 12.5. The molecule has 0 aromatic rings. The highest BCUT2D eigenvalue weighted by Crippen LogP contribution is 2.40. The summed E-state index contributed by atoms with van der Waals surface area (Å²) in [6, 6.07) is -0.299. The van der Waals surface area contributed by atoms with E-state index < -0.39 is 26.9 Å². The molecule has 0 fully saturated rings. The Kier molecular flexibility index (Phi) is 2.99. The summed E-state index contributed by atoms with van der Waals surface area (Å²) in [4.78, 5) is 0. The minimum absolute atomic E-state index is 0.299. The molecule has 0 aliphatic carbocycles. The third-order valence-corrected chi connectivity index (χ3v) is 4.71. The van der Waals surface area contributed by atoms with Crippen molar-refractivity contribution in [2.75, 3.05) is 0 Å². The third-order valence-electron chi connectivity index (χ3n) is 2.10. The van der Waals surface area contributed by atoms with Gasteiger partial charge in [0.05, 0.1) is 0 Å². The van der Waals surface area contributed by atoms with Crippen LogP contribution in [0.3, 0.4) is 0 Å². The minimum Gasteiger partial charge on any atom is -0.302 e. The second-order valence-corrected chi connectivity index (χ2v) is 6.93. The van der Waals surface area contributed by atoms with Gasteiger partial charge in [-0.3, -0.25) is 0 Å². The van der Waals surface area contributed by atoms with E-state index in [0.29, 0.717) is 0 Å². The summed E-state index contributed by atoms with van der Waals surface area (Å²) in [6.07, 6.45) is -4.03. The molecule has 0 saturated heterocycles. The minimum atomic E-state index is -5.48. The average Bonchev–Trinajstić information content (AvgIpc) is 2.48. The normalized spacial score (nSPS) is 19.9. The largest absolute Gasteiger partial charge is 0.453 e. The monoisotopic (exact) mass is 244 g/mol. The van der Waals surface area contributed by atoms with Crippen molar-refractivity contribution in [3.63, 3.8) is 0 Å². The number of halogens is 5. The molecule has 1 heterocycles. The predicted octanol–water partition coefficient (Wildman–Crippen LogP) is 2.80. The smallest absolute Gasteiger partial charge is 0.302 e. The Labute approximate surface area is 84.1 Å². The first-order chi connectivity index (χ1) is 6.66. The van der Waals surface area contributed by atoms with Crippen LogP contribution < -0.4 is 0 Å². The molecule has 2 nitrogen and oxygen atoms in total. The van der Waals surface area contributed by atoms with Gasteiger partial charge in [-0.05, 0) is 12.6 Å². The summed E-state index contributed by atoms with van der Waals surface area (Å²) < 4.78 is 68.2. The first kappa shape index (κ1) is 12.3. The molecule has 8 heteroatoms. The number of alkyl halides is 5. The van der Waals surface area contributed by atoms with Crippen molar-refractivity contribution in [2.24, 2.45) is 9.32 Å². The van der Waals surface area contributed by atoms with E-state index in [1.54, 1.807) is 6.55 Å². The van der Waals surface area contributed by atoms with Gasteiger partial charge in [0.15, 0.2) is 0 Å². The fraction of sp³-hybridized carbons (Fsp3) is 0.714. The van der Waals surface area contributed by atoms with Crippen LogP contribution >= 0.6 is 0 Å². The molecule has 0 atom stereocenters. The Balaban J connectivity index is 2.57. The Morgan fingerprint density at radius 1 is 1.07 bits per heavy atom. The summed E-state index contributed by atoms with van der Waals surface area (Å²) in [5.41, 5.74) is 0. The van der Waals surface area contributed by atoms with Crippen LogP contribution in [0.4, 0.5) is 22.0 Å². The van der Waals surface area contributed by atoms with Gasteiger partial charge in [0.2, 0.25) is 0 Å². The lowest BCUT2D eigenvalue weighted by atomic mass is 10.2. The van der Waals surface area contributed by atoms with Crippen molar-refractivity contribution in [3.05, 3.63) is 0 Å². The number of nitrogens with zero attached hydrogens (tertiary/aromatic N) is 2. The number of hydrogen-bond donors (Lipinski definition) is 0. The van der Waals surface area contributed by atoms with Gasteiger partial charge in [0, 0.05) is 18.9 Å². The summed E-state index contributed by atoms with van der Waals surface area (Å²) in [6.45, 7) is 1.54. The summed E-state index contributed by atoms with van der Waals surface area (Å²) in [5.74, 6) is -4.64. The van der Waals surface area contributed by atoms with E-state index in [-0.39, 0.29) is 6.04 Å². The SMILES string of the molecule is C[Si]1(CCC(F)(F)C(F)(F)F)N=CC=N1. The molecule has 0 saturated carbocycles. The van der Waals surface area contributed by atoms with Gasteiger partial charge in [0.25, 0.3) is 8.40 Å². The van der Waals surface area contributed by atoms with Gasteiger partial charge in [-0.25, -0.2) is 0 Å². The quantitative estimate of drug-likeness (QED) is 0.538. The predicted molar refractivity (Wildman–Crippen MR) is 49.0 cm³/mol. The maximum atomic E-state index is 12.5. The second kappa shape index (κ2) is 3.65. The van der Waals surface area contributed by atoms with E-state index in [0.717, 1.165) is 0 Å². The van der Waals surface area contributed by atoms with E-state index in [2.05, 4.69) is 9.32 Å². The van der Waals surface area contributed by atoms with Crippen LogP contribution in [0.1, 0.15) is 6.42 Å². The summed E-state index contributed by atoms with van der Waals surface area (Å²) in [5, 5.41) is 0. The Bertz CT molecular complexity index is 284. The van der Waals surface area contributed by atoms with Crippen molar-refractivity contribution in [2.45, 2.75) is 31.1 Å². The maximum Gasteiger partial charge on any atom is 0.453 e. The Hall–Kier alpha value is -0.793. The third kappa shape index (κ3) is 2.83. The zero-order valence-electron chi connectivity index (χ0n) is 7.85. The fourth-order valence-electron chi connectivity index (χ4n) is 1.09. The molecular formula is C7H9F5N2Si. The van der Waals surface area contributed by atoms with E-state index in [1.807, 2.05) is 0 Å². The van der Waals surface area contributed by atoms with Crippen LogP contribution in [0.15, 0.2) is 9.32 Å². The molecule has 0 aromatic carbocycles. The van der Waals surface area contributed by atoms with E-state index in [4.69, 9.17) is 0 Å². The van der Waals surface area contributed by atoms with Gasteiger partial charge in [-0.1, -0.05) is 0 Å². The van der Waals surface area contributed by atoms with E-state index in [1.165, 1.54) is 12.4 Å². The molecule has 15 heavy (non-hydrogen) atoms. The molecule has 86 valence electrons. The van der Waals surface area contributed by atoms with Crippen LogP contribution in [0.5, 0.6) is 0 Å². The van der Waals surface area contributed by atoms with E-state index >= 15 is 0 Å². The van der Waals surface area contributed by atoms with Crippen molar-refractivity contribution < 1.29 is 22.0 Å². The first-order valence-corrected chi connectivity index (χ1v) is 6.80. The van der Waals surface area contributed by atoms with Gasteiger partial charge in [-0.2, -0.15) is 22.0 Å². The fourth-order valence-corrected chi connectivity index (χ4v) is 2.97. The van der Waals surface area contributed by atoms with Crippen LogP contribution in [0.2, 0.25) is 12.6 Å². The molecule has 0 amide bonds. The highest BCUT2D eigenvalue weighted by atomic mass is 28.3. The van der Waals surface area contributed by atoms with Crippen LogP contribution in [-0.2, 0) is 0 Å². The molecule has 0 N–H and O–H groups in total.